The Kier molecular flexibility index (Phi) is 7.28. The predicted octanol–water partition coefficient (Wildman–Crippen LogP) is -0.859. The van der Waals surface area contributed by atoms with Crippen LogP contribution in [0.1, 0.15) is 0 Å². The van der Waals surface area contributed by atoms with Crippen molar-refractivity contribution >= 4 is 34.7 Å². The van der Waals surface area contributed by atoms with Crippen molar-refractivity contribution in [1.29, 1.82) is 0 Å². The standard InChI is InChI=1S/C9H20N4O2S2/c1-10(2)8(16)12(6-14)5-13(7-15)9(17)11(3)4/h14-15H,5-7H2,1-4H3. The van der Waals surface area contributed by atoms with E-state index in [9.17, 15) is 10.2 Å². The molecule has 100 valence electrons. The van der Waals surface area contributed by atoms with Crippen LogP contribution in [0, 0.1) is 0 Å². The van der Waals surface area contributed by atoms with E-state index in [-0.39, 0.29) is 20.1 Å². The van der Waals surface area contributed by atoms with Crippen LogP contribution in [0.15, 0.2) is 0 Å². The number of aliphatic hydroxyl groups excluding tert-OH is 2. The number of aliphatic hydroxyl groups is 2. The van der Waals surface area contributed by atoms with E-state index in [2.05, 4.69) is 0 Å². The topological polar surface area (TPSA) is 53.4 Å². The fourth-order valence-electron chi connectivity index (χ4n) is 1.10. The molecule has 0 aromatic heterocycles. The molecular formula is C9H20N4O2S2. The minimum absolute atomic E-state index is 0.233. The summed E-state index contributed by atoms with van der Waals surface area (Å²) >= 11 is 10.3. The second-order valence-corrected chi connectivity index (χ2v) is 4.59. The molecule has 0 atom stereocenters. The molecule has 0 aliphatic rings. The Morgan fingerprint density at radius 3 is 1.29 bits per heavy atom. The molecule has 6 nitrogen and oxygen atoms in total. The monoisotopic (exact) mass is 280 g/mol. The van der Waals surface area contributed by atoms with Crippen molar-refractivity contribution in [2.45, 2.75) is 0 Å². The fourth-order valence-corrected chi connectivity index (χ4v) is 1.33. The van der Waals surface area contributed by atoms with Crippen LogP contribution in [-0.4, -0.2) is 88.4 Å². The molecule has 2 N–H and O–H groups in total. The van der Waals surface area contributed by atoms with Gasteiger partial charge in [-0.1, -0.05) is 0 Å². The van der Waals surface area contributed by atoms with Gasteiger partial charge in [-0.3, -0.25) is 0 Å². The molecule has 17 heavy (non-hydrogen) atoms. The molecule has 0 fully saturated rings. The summed E-state index contributed by atoms with van der Waals surface area (Å²) in [6.07, 6.45) is 0. The first-order valence-corrected chi connectivity index (χ1v) is 5.81. The third-order valence-corrected chi connectivity index (χ3v) is 3.24. The van der Waals surface area contributed by atoms with Gasteiger partial charge in [0.25, 0.3) is 0 Å². The summed E-state index contributed by atoms with van der Waals surface area (Å²) < 4.78 is 0. The van der Waals surface area contributed by atoms with Gasteiger partial charge in [-0.05, 0) is 24.4 Å². The predicted molar refractivity (Wildman–Crippen MR) is 75.3 cm³/mol. The van der Waals surface area contributed by atoms with Crippen LogP contribution in [0.4, 0.5) is 0 Å². The van der Waals surface area contributed by atoms with Gasteiger partial charge >= 0.3 is 0 Å². The first kappa shape index (κ1) is 16.3. The third kappa shape index (κ3) is 4.99. The van der Waals surface area contributed by atoms with Crippen molar-refractivity contribution in [2.24, 2.45) is 0 Å². The van der Waals surface area contributed by atoms with Gasteiger partial charge in [0.2, 0.25) is 0 Å². The van der Waals surface area contributed by atoms with Crippen molar-refractivity contribution in [1.82, 2.24) is 19.6 Å². The highest BCUT2D eigenvalue weighted by atomic mass is 32.1. The van der Waals surface area contributed by atoms with Crippen molar-refractivity contribution in [2.75, 3.05) is 48.3 Å². The van der Waals surface area contributed by atoms with Gasteiger partial charge in [0.05, 0.1) is 6.67 Å². The van der Waals surface area contributed by atoms with Crippen LogP contribution in [0.3, 0.4) is 0 Å². The van der Waals surface area contributed by atoms with E-state index in [1.165, 1.54) is 9.80 Å². The maximum absolute atomic E-state index is 9.26. The van der Waals surface area contributed by atoms with Crippen molar-refractivity contribution in [3.63, 3.8) is 0 Å². The van der Waals surface area contributed by atoms with Gasteiger partial charge in [0.1, 0.15) is 13.5 Å². The molecule has 8 heteroatoms. The maximum Gasteiger partial charge on any atom is 0.174 e. The molecule has 0 aliphatic heterocycles. The Hall–Kier alpha value is -0.700. The molecule has 0 rings (SSSR count). The average Bonchev–Trinajstić information content (AvgIpc) is 2.28. The largest absolute Gasteiger partial charge is 0.376 e. The molecule has 0 radical (unpaired) electrons. The molecule has 0 aromatic rings. The van der Waals surface area contributed by atoms with Gasteiger partial charge < -0.3 is 29.8 Å². The van der Waals surface area contributed by atoms with Gasteiger partial charge in [-0.15, -0.1) is 0 Å². The molecule has 0 heterocycles. The van der Waals surface area contributed by atoms with Crippen LogP contribution in [0.25, 0.3) is 0 Å². The van der Waals surface area contributed by atoms with E-state index in [4.69, 9.17) is 24.4 Å². The molecule has 0 saturated carbocycles. The first-order valence-electron chi connectivity index (χ1n) is 4.99. The van der Waals surface area contributed by atoms with Gasteiger partial charge in [-0.2, -0.15) is 0 Å². The number of thiocarbonyl (C=S) groups is 2. The summed E-state index contributed by atoms with van der Waals surface area (Å²) in [6, 6.07) is 0. The average molecular weight is 280 g/mol. The second-order valence-electron chi connectivity index (χ2n) is 3.86. The van der Waals surface area contributed by atoms with Gasteiger partial charge in [-0.25, -0.2) is 0 Å². The second kappa shape index (κ2) is 7.59. The lowest BCUT2D eigenvalue weighted by Gasteiger charge is -2.34. The molecule has 0 amide bonds. The van der Waals surface area contributed by atoms with E-state index in [0.717, 1.165) is 0 Å². The first-order chi connectivity index (χ1) is 7.84. The Morgan fingerprint density at radius 1 is 0.824 bits per heavy atom. The Balaban J connectivity index is 4.63. The summed E-state index contributed by atoms with van der Waals surface area (Å²) in [4.78, 5) is 6.47. The van der Waals surface area contributed by atoms with Gasteiger partial charge in [0.15, 0.2) is 10.2 Å². The lowest BCUT2D eigenvalue weighted by molar-refractivity contribution is 0.0810. The minimum atomic E-state index is -0.233. The minimum Gasteiger partial charge on any atom is -0.376 e. The lowest BCUT2D eigenvalue weighted by atomic mass is 10.6. The van der Waals surface area contributed by atoms with E-state index < -0.39 is 0 Å². The molecule has 0 saturated heterocycles. The number of hydrogen-bond donors (Lipinski definition) is 2. The highest BCUT2D eigenvalue weighted by molar-refractivity contribution is 7.80. The zero-order valence-electron chi connectivity index (χ0n) is 10.6. The Labute approximate surface area is 113 Å². The van der Waals surface area contributed by atoms with Crippen molar-refractivity contribution in [3.8, 4) is 0 Å². The van der Waals surface area contributed by atoms with Crippen LogP contribution in [0.2, 0.25) is 0 Å². The Morgan fingerprint density at radius 2 is 1.12 bits per heavy atom. The summed E-state index contributed by atoms with van der Waals surface area (Å²) in [5, 5.41) is 19.5. The zero-order chi connectivity index (χ0) is 13.6. The molecule has 0 spiro atoms. The van der Waals surface area contributed by atoms with E-state index >= 15 is 0 Å². The number of rotatable bonds is 4. The van der Waals surface area contributed by atoms with Crippen LogP contribution < -0.4 is 0 Å². The quantitative estimate of drug-likeness (QED) is 0.510. The molecule has 0 unspecified atom stereocenters. The summed E-state index contributed by atoms with van der Waals surface area (Å²) in [5.74, 6) is 0. The van der Waals surface area contributed by atoms with Crippen LogP contribution >= 0.6 is 24.4 Å². The summed E-state index contributed by atoms with van der Waals surface area (Å²) in [6.45, 7) is -0.228. The lowest BCUT2D eigenvalue weighted by Crippen LogP contribution is -2.50. The maximum atomic E-state index is 9.26. The van der Waals surface area contributed by atoms with Crippen molar-refractivity contribution < 1.29 is 10.2 Å². The smallest absolute Gasteiger partial charge is 0.174 e. The highest BCUT2D eigenvalue weighted by Gasteiger charge is 2.17. The fraction of sp³-hybridized carbons (Fsp3) is 0.778. The molecular weight excluding hydrogens is 260 g/mol. The van der Waals surface area contributed by atoms with E-state index in [0.29, 0.717) is 10.2 Å². The van der Waals surface area contributed by atoms with E-state index in [1.54, 1.807) is 38.0 Å². The molecule has 0 aromatic carbocycles. The number of hydrogen-bond acceptors (Lipinski definition) is 4. The summed E-state index contributed by atoms with van der Waals surface area (Å²) in [7, 11) is 7.16. The highest BCUT2D eigenvalue weighted by Crippen LogP contribution is 2.01. The summed E-state index contributed by atoms with van der Waals surface area (Å²) in [5.41, 5.74) is 0. The van der Waals surface area contributed by atoms with E-state index in [1.807, 2.05) is 0 Å². The Bertz CT molecular complexity index is 248. The molecule has 0 aliphatic carbocycles. The number of nitrogens with zero attached hydrogens (tertiary/aromatic N) is 4. The third-order valence-electron chi connectivity index (χ3n) is 1.99. The normalized spacial score (nSPS) is 9.76. The molecule has 0 bridgehead atoms. The van der Waals surface area contributed by atoms with Crippen molar-refractivity contribution in [3.05, 3.63) is 0 Å². The van der Waals surface area contributed by atoms with Crippen LogP contribution in [0.5, 0.6) is 0 Å². The van der Waals surface area contributed by atoms with Gasteiger partial charge in [0, 0.05) is 28.2 Å². The zero-order valence-corrected chi connectivity index (χ0v) is 12.3. The van der Waals surface area contributed by atoms with Crippen LogP contribution in [-0.2, 0) is 0 Å². The SMILES string of the molecule is CN(C)C(=S)N(CO)CN(CO)C(=S)N(C)C.